The second-order valence-electron chi connectivity index (χ2n) is 6.13. The van der Waals surface area contributed by atoms with Gasteiger partial charge >= 0.3 is 12.0 Å². The molecular formula is C15H29N3O3. The topological polar surface area (TPSA) is 81.7 Å². The molecule has 1 heterocycles. The number of carboxylic acid groups (broad SMARTS) is 1. The molecule has 1 aliphatic rings. The normalized spacial score (nSPS) is 20.5. The fourth-order valence-electron chi connectivity index (χ4n) is 2.61. The number of carbonyl (C=O) groups excluding carboxylic acids is 1. The summed E-state index contributed by atoms with van der Waals surface area (Å²) in [5.41, 5.74) is 0. The SMILES string of the molecule is CCCCC(NC(=O)NCC1CCN(C(C)C)C1)C(=O)O. The molecule has 2 unspecified atom stereocenters. The number of likely N-dealkylation sites (tertiary alicyclic amines) is 1. The van der Waals surface area contributed by atoms with Gasteiger partial charge in [-0.1, -0.05) is 19.8 Å². The quantitative estimate of drug-likeness (QED) is 0.636. The first kappa shape index (κ1) is 17.8. The average molecular weight is 299 g/mol. The minimum atomic E-state index is -0.967. The van der Waals surface area contributed by atoms with E-state index in [1.165, 1.54) is 0 Å². The van der Waals surface area contributed by atoms with E-state index in [4.69, 9.17) is 5.11 Å². The monoisotopic (exact) mass is 299 g/mol. The highest BCUT2D eigenvalue weighted by Gasteiger charge is 2.25. The first-order valence-electron chi connectivity index (χ1n) is 7.95. The lowest BCUT2D eigenvalue weighted by Crippen LogP contribution is -2.47. The molecule has 0 saturated carbocycles. The van der Waals surface area contributed by atoms with Crippen LogP contribution in [0.15, 0.2) is 0 Å². The van der Waals surface area contributed by atoms with Crippen molar-refractivity contribution in [3.63, 3.8) is 0 Å². The molecule has 0 bridgehead atoms. The molecular weight excluding hydrogens is 270 g/mol. The molecule has 6 nitrogen and oxygen atoms in total. The summed E-state index contributed by atoms with van der Waals surface area (Å²) < 4.78 is 0. The van der Waals surface area contributed by atoms with Crippen molar-refractivity contribution in [3.05, 3.63) is 0 Å². The number of hydrogen-bond acceptors (Lipinski definition) is 3. The molecule has 2 atom stereocenters. The number of carboxylic acids is 1. The van der Waals surface area contributed by atoms with Crippen molar-refractivity contribution in [1.29, 1.82) is 0 Å². The second kappa shape index (κ2) is 8.87. The molecule has 0 aromatic carbocycles. The summed E-state index contributed by atoms with van der Waals surface area (Å²) in [6.07, 6.45) is 3.27. The number of aliphatic carboxylic acids is 1. The lowest BCUT2D eigenvalue weighted by molar-refractivity contribution is -0.139. The number of urea groups is 1. The highest BCUT2D eigenvalue weighted by atomic mass is 16.4. The average Bonchev–Trinajstić information content (AvgIpc) is 2.90. The van der Waals surface area contributed by atoms with Gasteiger partial charge in [0.25, 0.3) is 0 Å². The first-order chi connectivity index (χ1) is 9.93. The Hall–Kier alpha value is -1.30. The van der Waals surface area contributed by atoms with Gasteiger partial charge in [-0.3, -0.25) is 0 Å². The number of hydrogen-bond donors (Lipinski definition) is 3. The van der Waals surface area contributed by atoms with Crippen LogP contribution in [0.2, 0.25) is 0 Å². The smallest absolute Gasteiger partial charge is 0.326 e. The van der Waals surface area contributed by atoms with Crippen LogP contribution >= 0.6 is 0 Å². The molecule has 0 aliphatic carbocycles. The highest BCUT2D eigenvalue weighted by Crippen LogP contribution is 2.17. The van der Waals surface area contributed by atoms with Crippen LogP contribution < -0.4 is 10.6 Å². The summed E-state index contributed by atoms with van der Waals surface area (Å²) >= 11 is 0. The van der Waals surface area contributed by atoms with Crippen LogP contribution in [0.4, 0.5) is 4.79 Å². The molecule has 3 N–H and O–H groups in total. The van der Waals surface area contributed by atoms with E-state index in [-0.39, 0.29) is 6.03 Å². The Bertz CT molecular complexity index is 347. The lowest BCUT2D eigenvalue weighted by Gasteiger charge is -2.20. The van der Waals surface area contributed by atoms with E-state index in [1.807, 2.05) is 6.92 Å². The van der Waals surface area contributed by atoms with Crippen LogP contribution in [0.3, 0.4) is 0 Å². The van der Waals surface area contributed by atoms with E-state index in [2.05, 4.69) is 29.4 Å². The molecule has 1 saturated heterocycles. The van der Waals surface area contributed by atoms with Crippen LogP contribution in [0.1, 0.15) is 46.5 Å². The standard InChI is InChI=1S/C15H29N3O3/c1-4-5-6-13(14(19)20)17-15(21)16-9-12-7-8-18(10-12)11(2)3/h11-13H,4-10H2,1-3H3,(H,19,20)(H2,16,17,21). The van der Waals surface area contributed by atoms with Crippen molar-refractivity contribution in [3.8, 4) is 0 Å². The van der Waals surface area contributed by atoms with Gasteiger partial charge < -0.3 is 20.6 Å². The summed E-state index contributed by atoms with van der Waals surface area (Å²) in [5.74, 6) is -0.512. The van der Waals surface area contributed by atoms with Gasteiger partial charge in [0.05, 0.1) is 0 Å². The van der Waals surface area contributed by atoms with Crippen molar-refractivity contribution in [2.75, 3.05) is 19.6 Å². The molecule has 1 fully saturated rings. The minimum absolute atomic E-state index is 0.374. The Morgan fingerprint density at radius 1 is 1.38 bits per heavy atom. The minimum Gasteiger partial charge on any atom is -0.480 e. The summed E-state index contributed by atoms with van der Waals surface area (Å²) in [5, 5.41) is 14.4. The Kier molecular flexibility index (Phi) is 7.50. The summed E-state index contributed by atoms with van der Waals surface area (Å²) in [6.45, 7) is 9.02. The molecule has 6 heteroatoms. The van der Waals surface area contributed by atoms with Crippen LogP contribution in [0, 0.1) is 5.92 Å². The third-order valence-electron chi connectivity index (χ3n) is 4.05. The Balaban J connectivity index is 2.28. The molecule has 21 heavy (non-hydrogen) atoms. The van der Waals surface area contributed by atoms with E-state index in [0.717, 1.165) is 32.4 Å². The van der Waals surface area contributed by atoms with Gasteiger partial charge in [-0.25, -0.2) is 9.59 Å². The molecule has 0 radical (unpaired) electrons. The Labute approximate surface area is 127 Å². The van der Waals surface area contributed by atoms with E-state index in [0.29, 0.717) is 24.9 Å². The van der Waals surface area contributed by atoms with Crippen molar-refractivity contribution in [1.82, 2.24) is 15.5 Å². The largest absolute Gasteiger partial charge is 0.480 e. The highest BCUT2D eigenvalue weighted by molar-refractivity contribution is 5.82. The zero-order valence-corrected chi connectivity index (χ0v) is 13.4. The molecule has 0 aromatic rings. The van der Waals surface area contributed by atoms with Crippen molar-refractivity contribution in [2.45, 2.75) is 58.5 Å². The first-order valence-corrected chi connectivity index (χ1v) is 7.95. The number of carbonyl (C=O) groups is 2. The van der Waals surface area contributed by atoms with Crippen molar-refractivity contribution in [2.24, 2.45) is 5.92 Å². The molecule has 1 aliphatic heterocycles. The molecule has 0 aromatic heterocycles. The van der Waals surface area contributed by atoms with Crippen LogP contribution in [0.5, 0.6) is 0 Å². The number of unbranched alkanes of at least 4 members (excludes halogenated alkanes) is 1. The maximum Gasteiger partial charge on any atom is 0.326 e. The number of nitrogens with zero attached hydrogens (tertiary/aromatic N) is 1. The molecule has 1 rings (SSSR count). The number of amides is 2. The van der Waals surface area contributed by atoms with Crippen molar-refractivity contribution < 1.29 is 14.7 Å². The zero-order chi connectivity index (χ0) is 15.8. The van der Waals surface area contributed by atoms with Gasteiger partial charge in [0.1, 0.15) is 6.04 Å². The predicted molar refractivity (Wildman–Crippen MR) is 82.3 cm³/mol. The van der Waals surface area contributed by atoms with E-state index >= 15 is 0 Å². The maximum atomic E-state index is 11.8. The van der Waals surface area contributed by atoms with E-state index < -0.39 is 12.0 Å². The molecule has 122 valence electrons. The van der Waals surface area contributed by atoms with E-state index in [9.17, 15) is 9.59 Å². The second-order valence-corrected chi connectivity index (χ2v) is 6.13. The summed E-state index contributed by atoms with van der Waals surface area (Å²) in [6, 6.07) is -0.628. The van der Waals surface area contributed by atoms with Crippen LogP contribution in [-0.4, -0.2) is 53.7 Å². The predicted octanol–water partition coefficient (Wildman–Crippen LogP) is 1.66. The zero-order valence-electron chi connectivity index (χ0n) is 13.4. The van der Waals surface area contributed by atoms with Gasteiger partial charge in [0.15, 0.2) is 0 Å². The van der Waals surface area contributed by atoms with Crippen LogP contribution in [0.25, 0.3) is 0 Å². The summed E-state index contributed by atoms with van der Waals surface area (Å²) in [4.78, 5) is 25.3. The van der Waals surface area contributed by atoms with Gasteiger partial charge in [-0.15, -0.1) is 0 Å². The Morgan fingerprint density at radius 2 is 2.10 bits per heavy atom. The molecule has 0 spiro atoms. The molecule has 2 amide bonds. The maximum absolute atomic E-state index is 11.8. The van der Waals surface area contributed by atoms with Gasteiger partial charge in [0.2, 0.25) is 0 Å². The third kappa shape index (κ3) is 6.33. The summed E-state index contributed by atoms with van der Waals surface area (Å²) in [7, 11) is 0. The van der Waals surface area contributed by atoms with Gasteiger partial charge in [-0.05, 0) is 39.2 Å². The Morgan fingerprint density at radius 3 is 2.62 bits per heavy atom. The van der Waals surface area contributed by atoms with Gasteiger partial charge in [-0.2, -0.15) is 0 Å². The third-order valence-corrected chi connectivity index (χ3v) is 4.05. The fourth-order valence-corrected chi connectivity index (χ4v) is 2.61. The van der Waals surface area contributed by atoms with Crippen LogP contribution in [-0.2, 0) is 4.79 Å². The van der Waals surface area contributed by atoms with Gasteiger partial charge in [0, 0.05) is 19.1 Å². The van der Waals surface area contributed by atoms with E-state index in [1.54, 1.807) is 0 Å². The number of nitrogens with one attached hydrogen (secondary N) is 2. The number of rotatable bonds is 8. The van der Waals surface area contributed by atoms with Crippen molar-refractivity contribution >= 4 is 12.0 Å². The fraction of sp³-hybridized carbons (Fsp3) is 0.867. The lowest BCUT2D eigenvalue weighted by atomic mass is 10.1.